The van der Waals surface area contributed by atoms with E-state index >= 15 is 0 Å². The van der Waals surface area contributed by atoms with Crippen LogP contribution in [0.25, 0.3) is 0 Å². The fourth-order valence-electron chi connectivity index (χ4n) is 3.54. The van der Waals surface area contributed by atoms with Crippen LogP contribution in [0.15, 0.2) is 11.8 Å². The van der Waals surface area contributed by atoms with Gasteiger partial charge in [-0.15, -0.1) is 0 Å². The first kappa shape index (κ1) is 17.3. The average molecular weight is 335 g/mol. The highest BCUT2D eigenvalue weighted by Crippen LogP contribution is 2.33. The molecule has 1 heterocycles. The van der Waals surface area contributed by atoms with Crippen LogP contribution in [0.3, 0.4) is 0 Å². The highest BCUT2D eigenvalue weighted by molar-refractivity contribution is 5.81. The lowest BCUT2D eigenvalue weighted by atomic mass is 10.0. The lowest BCUT2D eigenvalue weighted by Crippen LogP contribution is -2.51. The second kappa shape index (κ2) is 8.01. The van der Waals surface area contributed by atoms with Crippen molar-refractivity contribution < 1.29 is 14.3 Å². The summed E-state index contributed by atoms with van der Waals surface area (Å²) in [6, 6.07) is 0.433. The summed E-state index contributed by atoms with van der Waals surface area (Å²) in [5.41, 5.74) is 1.25. The first-order valence-corrected chi connectivity index (χ1v) is 9.34. The van der Waals surface area contributed by atoms with Gasteiger partial charge in [0.2, 0.25) is 5.91 Å². The molecule has 0 unspecified atom stereocenters. The second-order valence-corrected chi connectivity index (χ2v) is 6.90. The first-order chi connectivity index (χ1) is 11.7. The highest BCUT2D eigenvalue weighted by Gasteiger charge is 2.36. The summed E-state index contributed by atoms with van der Waals surface area (Å²) in [5.74, 6) is 0.232. The number of hydrogen-bond donors (Lipinski definition) is 0. The third kappa shape index (κ3) is 4.29. The molecular formula is C18H29N3O3. The minimum Gasteiger partial charge on any atom is -0.450 e. The minimum atomic E-state index is -0.240. The fraction of sp³-hybridized carbons (Fsp3) is 0.778. The molecule has 0 atom stereocenters. The zero-order chi connectivity index (χ0) is 16.9. The standard InChI is InChI=1S/C18H29N3O3/c1-2-24-18(23)20-12-10-19(11-13-20)14-17(22)21(16-8-9-16)15-6-4-3-5-7-15/h6,16H,2-5,7-14H2,1H3. The second-order valence-electron chi connectivity index (χ2n) is 6.90. The van der Waals surface area contributed by atoms with Crippen molar-refractivity contribution in [1.29, 1.82) is 0 Å². The number of nitrogens with zero attached hydrogens (tertiary/aromatic N) is 3. The molecule has 2 amide bonds. The third-order valence-electron chi connectivity index (χ3n) is 5.01. The van der Waals surface area contributed by atoms with Crippen LogP contribution in [0, 0.1) is 0 Å². The number of piperazine rings is 1. The van der Waals surface area contributed by atoms with E-state index in [0.29, 0.717) is 32.3 Å². The van der Waals surface area contributed by atoms with Gasteiger partial charge in [0.1, 0.15) is 0 Å². The van der Waals surface area contributed by atoms with Crippen LogP contribution in [0.1, 0.15) is 45.4 Å². The Balaban J connectivity index is 1.51. The van der Waals surface area contributed by atoms with E-state index in [9.17, 15) is 9.59 Å². The molecular weight excluding hydrogens is 306 g/mol. The molecule has 1 saturated heterocycles. The van der Waals surface area contributed by atoms with Gasteiger partial charge >= 0.3 is 6.09 Å². The molecule has 0 aromatic heterocycles. The first-order valence-electron chi connectivity index (χ1n) is 9.34. The van der Waals surface area contributed by atoms with Crippen molar-refractivity contribution in [3.63, 3.8) is 0 Å². The molecule has 6 nitrogen and oxygen atoms in total. The normalized spacial score (nSPS) is 22.0. The Morgan fingerprint density at radius 1 is 1.21 bits per heavy atom. The van der Waals surface area contributed by atoms with E-state index in [1.807, 2.05) is 6.92 Å². The molecule has 24 heavy (non-hydrogen) atoms. The Kier molecular flexibility index (Phi) is 5.76. The number of rotatable bonds is 5. The maximum Gasteiger partial charge on any atom is 0.409 e. The molecule has 2 aliphatic carbocycles. The van der Waals surface area contributed by atoms with Gasteiger partial charge in [0.25, 0.3) is 0 Å². The zero-order valence-electron chi connectivity index (χ0n) is 14.7. The molecule has 3 rings (SSSR count). The summed E-state index contributed by atoms with van der Waals surface area (Å²) in [4.78, 5) is 30.6. The van der Waals surface area contributed by atoms with E-state index in [1.54, 1.807) is 4.90 Å². The largest absolute Gasteiger partial charge is 0.450 e. The molecule has 2 fully saturated rings. The summed E-state index contributed by atoms with van der Waals surface area (Å²) in [6.07, 6.45) is 8.88. The molecule has 0 spiro atoms. The average Bonchev–Trinajstić information content (AvgIpc) is 3.42. The van der Waals surface area contributed by atoms with Crippen LogP contribution in [-0.2, 0) is 9.53 Å². The summed E-state index contributed by atoms with van der Waals surface area (Å²) in [7, 11) is 0. The number of amides is 2. The fourth-order valence-corrected chi connectivity index (χ4v) is 3.54. The number of ether oxygens (including phenoxy) is 1. The predicted molar refractivity (Wildman–Crippen MR) is 91.5 cm³/mol. The van der Waals surface area contributed by atoms with Gasteiger partial charge in [-0.05, 0) is 45.4 Å². The predicted octanol–water partition coefficient (Wildman–Crippen LogP) is 2.21. The van der Waals surface area contributed by atoms with Crippen LogP contribution in [0.4, 0.5) is 4.79 Å². The molecule has 3 aliphatic rings. The van der Waals surface area contributed by atoms with E-state index < -0.39 is 0 Å². The smallest absolute Gasteiger partial charge is 0.409 e. The molecule has 6 heteroatoms. The summed E-state index contributed by atoms with van der Waals surface area (Å²) in [6.45, 7) is 5.44. The van der Waals surface area contributed by atoms with Gasteiger partial charge < -0.3 is 14.5 Å². The van der Waals surface area contributed by atoms with Crippen LogP contribution < -0.4 is 0 Å². The van der Waals surface area contributed by atoms with Crippen LogP contribution in [-0.4, -0.2) is 72.1 Å². The molecule has 0 aromatic rings. The SMILES string of the molecule is CCOC(=O)N1CCN(CC(=O)N(C2=CCCCC2)C2CC2)CC1. The van der Waals surface area contributed by atoms with E-state index in [-0.39, 0.29) is 12.0 Å². The molecule has 0 aromatic carbocycles. The van der Waals surface area contributed by atoms with Crippen molar-refractivity contribution in [2.24, 2.45) is 0 Å². The van der Waals surface area contributed by atoms with Crippen molar-refractivity contribution >= 4 is 12.0 Å². The van der Waals surface area contributed by atoms with Crippen LogP contribution in [0.5, 0.6) is 0 Å². The lowest BCUT2D eigenvalue weighted by Gasteiger charge is -2.35. The number of hydrogen-bond acceptors (Lipinski definition) is 4. The van der Waals surface area contributed by atoms with Crippen molar-refractivity contribution in [2.75, 3.05) is 39.3 Å². The molecule has 1 aliphatic heterocycles. The van der Waals surface area contributed by atoms with Crippen molar-refractivity contribution in [2.45, 2.75) is 51.5 Å². The van der Waals surface area contributed by atoms with Crippen LogP contribution >= 0.6 is 0 Å². The van der Waals surface area contributed by atoms with Crippen molar-refractivity contribution in [3.8, 4) is 0 Å². The van der Waals surface area contributed by atoms with Gasteiger partial charge in [0.15, 0.2) is 0 Å². The van der Waals surface area contributed by atoms with Gasteiger partial charge in [0, 0.05) is 37.9 Å². The van der Waals surface area contributed by atoms with Gasteiger partial charge in [-0.3, -0.25) is 9.69 Å². The van der Waals surface area contributed by atoms with E-state index in [4.69, 9.17) is 4.74 Å². The van der Waals surface area contributed by atoms with Gasteiger partial charge in [-0.25, -0.2) is 4.79 Å². The number of allylic oxidation sites excluding steroid dienone is 2. The maximum atomic E-state index is 12.8. The van der Waals surface area contributed by atoms with Gasteiger partial charge in [-0.1, -0.05) is 6.08 Å². The lowest BCUT2D eigenvalue weighted by molar-refractivity contribution is -0.131. The zero-order valence-corrected chi connectivity index (χ0v) is 14.7. The maximum absolute atomic E-state index is 12.8. The Morgan fingerprint density at radius 3 is 2.54 bits per heavy atom. The Morgan fingerprint density at radius 2 is 1.96 bits per heavy atom. The number of carbonyl (C=O) groups is 2. The summed E-state index contributed by atoms with van der Waals surface area (Å²) in [5, 5.41) is 0. The van der Waals surface area contributed by atoms with E-state index in [1.165, 1.54) is 18.5 Å². The van der Waals surface area contributed by atoms with Crippen molar-refractivity contribution in [1.82, 2.24) is 14.7 Å². The summed E-state index contributed by atoms with van der Waals surface area (Å²) >= 11 is 0. The third-order valence-corrected chi connectivity index (χ3v) is 5.01. The molecule has 134 valence electrons. The molecule has 0 N–H and O–H groups in total. The quantitative estimate of drug-likeness (QED) is 0.773. The molecule has 0 bridgehead atoms. The summed E-state index contributed by atoms with van der Waals surface area (Å²) < 4.78 is 5.04. The monoisotopic (exact) mass is 335 g/mol. The Bertz CT molecular complexity index is 494. The molecule has 1 saturated carbocycles. The van der Waals surface area contributed by atoms with E-state index in [0.717, 1.165) is 38.8 Å². The van der Waals surface area contributed by atoms with E-state index in [2.05, 4.69) is 15.9 Å². The Hall–Kier alpha value is -1.56. The van der Waals surface area contributed by atoms with Gasteiger partial charge in [0.05, 0.1) is 13.2 Å². The number of carbonyl (C=O) groups excluding carboxylic acids is 2. The molecule has 0 radical (unpaired) electrons. The van der Waals surface area contributed by atoms with Crippen LogP contribution in [0.2, 0.25) is 0 Å². The Labute approximate surface area is 144 Å². The van der Waals surface area contributed by atoms with Crippen molar-refractivity contribution in [3.05, 3.63) is 11.8 Å². The minimum absolute atomic E-state index is 0.232. The highest BCUT2D eigenvalue weighted by atomic mass is 16.6. The van der Waals surface area contributed by atoms with Gasteiger partial charge in [-0.2, -0.15) is 0 Å². The topological polar surface area (TPSA) is 53.1 Å².